The van der Waals surface area contributed by atoms with Gasteiger partial charge in [0, 0.05) is 24.5 Å². The maximum Gasteiger partial charge on any atom is 0.260 e. The van der Waals surface area contributed by atoms with E-state index in [2.05, 4.69) is 9.97 Å². The first-order chi connectivity index (χ1) is 12.6. The summed E-state index contributed by atoms with van der Waals surface area (Å²) >= 11 is 0. The Morgan fingerprint density at radius 2 is 2.15 bits per heavy atom. The number of nitrogens with zero attached hydrogens (tertiary/aromatic N) is 3. The van der Waals surface area contributed by atoms with Crippen LogP contribution in [0.1, 0.15) is 17.8 Å². The first-order valence-electron chi connectivity index (χ1n) is 8.65. The Morgan fingerprint density at radius 3 is 2.92 bits per heavy atom. The minimum absolute atomic E-state index is 0.0196. The Balaban J connectivity index is 1.46. The van der Waals surface area contributed by atoms with Gasteiger partial charge in [0.25, 0.3) is 5.91 Å². The van der Waals surface area contributed by atoms with E-state index >= 15 is 0 Å². The molecular formula is C19H22FN3O3. The van der Waals surface area contributed by atoms with E-state index in [1.165, 1.54) is 24.3 Å². The Labute approximate surface area is 152 Å². The van der Waals surface area contributed by atoms with Crippen molar-refractivity contribution in [1.29, 1.82) is 0 Å². The van der Waals surface area contributed by atoms with E-state index in [0.717, 1.165) is 24.2 Å². The highest BCUT2D eigenvalue weighted by atomic mass is 19.1. The molecule has 2 heterocycles. The van der Waals surface area contributed by atoms with Crippen molar-refractivity contribution in [3.05, 3.63) is 53.9 Å². The molecule has 0 radical (unpaired) electrons. The van der Waals surface area contributed by atoms with Gasteiger partial charge < -0.3 is 14.4 Å². The van der Waals surface area contributed by atoms with Crippen molar-refractivity contribution in [3.8, 4) is 5.75 Å². The molecule has 7 heteroatoms. The predicted octanol–water partition coefficient (Wildman–Crippen LogP) is 2.16. The number of carbonyl (C=O) groups excluding carboxylic acids is 1. The van der Waals surface area contributed by atoms with Gasteiger partial charge in [0.05, 0.1) is 12.7 Å². The molecule has 1 fully saturated rings. The van der Waals surface area contributed by atoms with Crippen LogP contribution >= 0.6 is 0 Å². The van der Waals surface area contributed by atoms with E-state index < -0.39 is 0 Å². The van der Waals surface area contributed by atoms with Gasteiger partial charge in [0.15, 0.2) is 6.61 Å². The predicted molar refractivity (Wildman–Crippen MR) is 93.3 cm³/mol. The van der Waals surface area contributed by atoms with Crippen molar-refractivity contribution in [1.82, 2.24) is 14.9 Å². The molecule has 0 aliphatic carbocycles. The Kier molecular flexibility index (Phi) is 6.12. The van der Waals surface area contributed by atoms with Gasteiger partial charge in [-0.25, -0.2) is 14.4 Å². The average molecular weight is 359 g/mol. The van der Waals surface area contributed by atoms with Crippen molar-refractivity contribution in [3.63, 3.8) is 0 Å². The summed E-state index contributed by atoms with van der Waals surface area (Å²) in [7, 11) is 0. The number of amides is 1. The van der Waals surface area contributed by atoms with Crippen LogP contribution in [-0.4, -0.2) is 53.2 Å². The number of benzene rings is 1. The van der Waals surface area contributed by atoms with Gasteiger partial charge >= 0.3 is 0 Å². The third kappa shape index (κ3) is 5.23. The zero-order valence-electron chi connectivity index (χ0n) is 14.7. The highest BCUT2D eigenvalue weighted by molar-refractivity contribution is 5.77. The number of halogens is 1. The van der Waals surface area contributed by atoms with Crippen molar-refractivity contribution in [2.24, 2.45) is 0 Å². The fourth-order valence-electron chi connectivity index (χ4n) is 2.84. The Morgan fingerprint density at radius 1 is 1.35 bits per heavy atom. The Bertz CT molecular complexity index is 739. The van der Waals surface area contributed by atoms with E-state index in [1.54, 1.807) is 11.2 Å². The summed E-state index contributed by atoms with van der Waals surface area (Å²) in [6.07, 6.45) is 3.12. The molecule has 0 spiro atoms. The van der Waals surface area contributed by atoms with Crippen molar-refractivity contribution >= 4 is 5.91 Å². The molecule has 3 rings (SSSR count). The monoisotopic (exact) mass is 359 g/mol. The lowest BCUT2D eigenvalue weighted by atomic mass is 10.1. The number of aryl methyl sites for hydroxylation is 2. The first kappa shape index (κ1) is 18.3. The maximum absolute atomic E-state index is 12.9. The van der Waals surface area contributed by atoms with Crippen LogP contribution in [0.25, 0.3) is 0 Å². The molecule has 2 aromatic rings. The molecule has 1 aromatic carbocycles. The quantitative estimate of drug-likeness (QED) is 0.791. The fourth-order valence-corrected chi connectivity index (χ4v) is 2.84. The number of ether oxygens (including phenoxy) is 2. The lowest BCUT2D eigenvalue weighted by Gasteiger charge is -2.33. The maximum atomic E-state index is 12.9. The van der Waals surface area contributed by atoms with Crippen LogP contribution in [0.3, 0.4) is 0 Å². The highest BCUT2D eigenvalue weighted by Gasteiger charge is 2.24. The summed E-state index contributed by atoms with van der Waals surface area (Å²) in [5, 5.41) is 0. The molecule has 138 valence electrons. The van der Waals surface area contributed by atoms with Crippen molar-refractivity contribution in [2.45, 2.75) is 25.9 Å². The molecule has 1 aliphatic rings. The normalized spacial score (nSPS) is 17.2. The van der Waals surface area contributed by atoms with Crippen LogP contribution in [0, 0.1) is 12.7 Å². The molecule has 1 amide bonds. The van der Waals surface area contributed by atoms with E-state index in [9.17, 15) is 9.18 Å². The molecule has 0 bridgehead atoms. The zero-order valence-corrected chi connectivity index (χ0v) is 14.7. The average Bonchev–Trinajstić information content (AvgIpc) is 2.66. The number of morpholine rings is 1. The topological polar surface area (TPSA) is 64.6 Å². The molecule has 1 saturated heterocycles. The number of rotatable bonds is 6. The van der Waals surface area contributed by atoms with Crippen LogP contribution in [0.4, 0.5) is 4.39 Å². The van der Waals surface area contributed by atoms with Crippen LogP contribution in [0.5, 0.6) is 5.75 Å². The molecular weight excluding hydrogens is 337 g/mol. The molecule has 0 unspecified atom stereocenters. The van der Waals surface area contributed by atoms with Crippen LogP contribution in [0.2, 0.25) is 0 Å². The molecule has 6 nitrogen and oxygen atoms in total. The van der Waals surface area contributed by atoms with E-state index in [1.807, 2.05) is 13.0 Å². The van der Waals surface area contributed by atoms with Gasteiger partial charge in [0.1, 0.15) is 17.9 Å². The smallest absolute Gasteiger partial charge is 0.260 e. The largest absolute Gasteiger partial charge is 0.484 e. The summed E-state index contributed by atoms with van der Waals surface area (Å²) in [4.78, 5) is 22.4. The van der Waals surface area contributed by atoms with Gasteiger partial charge in [-0.05, 0) is 50.1 Å². The van der Waals surface area contributed by atoms with Gasteiger partial charge in [-0.1, -0.05) is 0 Å². The van der Waals surface area contributed by atoms with Gasteiger partial charge in [-0.15, -0.1) is 0 Å². The molecule has 0 saturated carbocycles. The number of carbonyl (C=O) groups is 1. The highest BCUT2D eigenvalue weighted by Crippen LogP contribution is 2.14. The van der Waals surface area contributed by atoms with Gasteiger partial charge in [-0.2, -0.15) is 0 Å². The van der Waals surface area contributed by atoms with Crippen LogP contribution < -0.4 is 4.74 Å². The number of aromatic nitrogens is 2. The van der Waals surface area contributed by atoms with Crippen LogP contribution in [-0.2, 0) is 16.0 Å². The summed E-state index contributed by atoms with van der Waals surface area (Å²) in [6.45, 7) is 3.47. The van der Waals surface area contributed by atoms with E-state index in [0.29, 0.717) is 25.4 Å². The summed E-state index contributed by atoms with van der Waals surface area (Å²) in [5.74, 6) is 0.0442. The fraction of sp³-hybridized carbons (Fsp3) is 0.421. The van der Waals surface area contributed by atoms with Crippen molar-refractivity contribution < 1.29 is 18.7 Å². The number of hydrogen-bond donors (Lipinski definition) is 0. The second kappa shape index (κ2) is 8.71. The first-order valence-corrected chi connectivity index (χ1v) is 8.65. The standard InChI is InChI=1S/C19H22FN3O3/c1-14-10-16(22-13-21-14)4-7-18-11-23(8-9-25-18)19(24)12-26-17-5-2-15(20)3-6-17/h2-3,5-6,10,13,18H,4,7-9,11-12H2,1H3/t18-/m1/s1. The van der Waals surface area contributed by atoms with Crippen LogP contribution in [0.15, 0.2) is 36.7 Å². The lowest BCUT2D eigenvalue weighted by Crippen LogP contribution is -2.47. The summed E-state index contributed by atoms with van der Waals surface area (Å²) < 4.78 is 24.1. The third-order valence-electron chi connectivity index (χ3n) is 4.25. The van der Waals surface area contributed by atoms with Gasteiger partial charge in [0.2, 0.25) is 0 Å². The molecule has 1 atom stereocenters. The van der Waals surface area contributed by atoms with E-state index in [4.69, 9.17) is 9.47 Å². The Hall–Kier alpha value is -2.54. The minimum Gasteiger partial charge on any atom is -0.484 e. The third-order valence-corrected chi connectivity index (χ3v) is 4.25. The molecule has 1 aromatic heterocycles. The zero-order chi connectivity index (χ0) is 18.4. The van der Waals surface area contributed by atoms with Crippen molar-refractivity contribution in [2.75, 3.05) is 26.3 Å². The molecule has 1 aliphatic heterocycles. The lowest BCUT2D eigenvalue weighted by molar-refractivity contribution is -0.141. The molecule has 26 heavy (non-hydrogen) atoms. The SMILES string of the molecule is Cc1cc(CC[C@@H]2CN(C(=O)COc3ccc(F)cc3)CCO2)ncn1. The minimum atomic E-state index is -0.335. The van der Waals surface area contributed by atoms with E-state index in [-0.39, 0.29) is 24.4 Å². The summed E-state index contributed by atoms with van der Waals surface area (Å²) in [6, 6.07) is 7.59. The number of hydrogen-bond acceptors (Lipinski definition) is 5. The second-order valence-electron chi connectivity index (χ2n) is 6.26. The summed E-state index contributed by atoms with van der Waals surface area (Å²) in [5.41, 5.74) is 1.92. The molecule has 0 N–H and O–H groups in total. The second-order valence-corrected chi connectivity index (χ2v) is 6.26. The van der Waals surface area contributed by atoms with Gasteiger partial charge in [-0.3, -0.25) is 4.79 Å².